The van der Waals surface area contributed by atoms with Crippen molar-refractivity contribution in [3.63, 3.8) is 0 Å². The molecule has 6 heteroatoms. The number of sulfone groups is 1. The Kier molecular flexibility index (Phi) is 5.64. The molecule has 1 N–H and O–H groups in total. The Bertz CT molecular complexity index is 930. The van der Waals surface area contributed by atoms with E-state index in [0.29, 0.717) is 11.4 Å². The summed E-state index contributed by atoms with van der Waals surface area (Å²) >= 11 is 0. The fraction of sp³-hybridized carbons (Fsp3) is 0.211. The largest absolute Gasteiger partial charge is 0.496 e. The van der Waals surface area contributed by atoms with E-state index in [2.05, 4.69) is 5.32 Å². The minimum Gasteiger partial charge on any atom is -0.496 e. The molecule has 132 valence electrons. The molecule has 0 atom stereocenters. The molecule has 5 nitrogen and oxygen atoms in total. The Hall–Kier alpha value is -2.60. The van der Waals surface area contributed by atoms with E-state index in [1.807, 2.05) is 25.1 Å². The summed E-state index contributed by atoms with van der Waals surface area (Å²) in [4.78, 5) is 12.4. The highest BCUT2D eigenvalue weighted by molar-refractivity contribution is 7.90. The lowest BCUT2D eigenvalue weighted by Gasteiger charge is -2.09. The summed E-state index contributed by atoms with van der Waals surface area (Å²) in [7, 11) is -1.76. The number of methoxy groups -OCH3 is 1. The van der Waals surface area contributed by atoms with Crippen LogP contribution in [0, 0.1) is 13.8 Å². The molecule has 1 amide bonds. The van der Waals surface area contributed by atoms with Crippen molar-refractivity contribution in [3.8, 4) is 5.75 Å². The number of hydrogen-bond acceptors (Lipinski definition) is 4. The smallest absolute Gasteiger partial charge is 0.248 e. The highest BCUT2D eigenvalue weighted by atomic mass is 32.2. The maximum absolute atomic E-state index is 12.2. The van der Waals surface area contributed by atoms with Gasteiger partial charge in [0.1, 0.15) is 5.75 Å². The van der Waals surface area contributed by atoms with Crippen LogP contribution in [0.3, 0.4) is 0 Å². The van der Waals surface area contributed by atoms with E-state index in [1.165, 1.54) is 18.2 Å². The number of rotatable bonds is 5. The van der Waals surface area contributed by atoms with Gasteiger partial charge >= 0.3 is 0 Å². The van der Waals surface area contributed by atoms with Crippen LogP contribution in [-0.2, 0) is 14.6 Å². The maximum Gasteiger partial charge on any atom is 0.248 e. The van der Waals surface area contributed by atoms with Crippen LogP contribution in [0.25, 0.3) is 6.08 Å². The zero-order valence-corrected chi connectivity index (χ0v) is 15.5. The molecule has 2 aromatic carbocycles. The average Bonchev–Trinajstić information content (AvgIpc) is 2.54. The molecule has 0 fully saturated rings. The lowest BCUT2D eigenvalue weighted by molar-refractivity contribution is -0.111. The van der Waals surface area contributed by atoms with Crippen molar-refractivity contribution >= 4 is 27.5 Å². The van der Waals surface area contributed by atoms with Crippen molar-refractivity contribution in [2.24, 2.45) is 0 Å². The van der Waals surface area contributed by atoms with Gasteiger partial charge in [0.15, 0.2) is 9.84 Å². The normalized spacial score (nSPS) is 11.5. The summed E-state index contributed by atoms with van der Waals surface area (Å²) in [5, 5.41) is 2.71. The molecule has 0 aliphatic heterocycles. The standard InChI is InChI=1S/C19H21NO4S/c1-13-5-9-18(24-3)15(11-13)7-10-19(21)20-17-12-16(25(4,22)23)8-6-14(17)2/h5-12H,1-4H3,(H,20,21)/b10-7+. The highest BCUT2D eigenvalue weighted by Crippen LogP contribution is 2.22. The van der Waals surface area contributed by atoms with E-state index in [-0.39, 0.29) is 10.8 Å². The van der Waals surface area contributed by atoms with Crippen LogP contribution in [0.4, 0.5) is 5.69 Å². The molecule has 25 heavy (non-hydrogen) atoms. The number of anilines is 1. The molecule has 0 aliphatic rings. The monoisotopic (exact) mass is 359 g/mol. The minimum atomic E-state index is -3.33. The van der Waals surface area contributed by atoms with E-state index < -0.39 is 9.84 Å². The first-order valence-electron chi connectivity index (χ1n) is 7.65. The van der Waals surface area contributed by atoms with Crippen molar-refractivity contribution in [2.75, 3.05) is 18.7 Å². The Morgan fingerprint density at radius 1 is 1.12 bits per heavy atom. The van der Waals surface area contributed by atoms with Gasteiger partial charge in [-0.15, -0.1) is 0 Å². The van der Waals surface area contributed by atoms with Crippen LogP contribution in [0.1, 0.15) is 16.7 Å². The molecule has 2 rings (SSSR count). The van der Waals surface area contributed by atoms with Crippen LogP contribution in [0.15, 0.2) is 47.4 Å². The molecule has 0 aromatic heterocycles. The zero-order chi connectivity index (χ0) is 18.6. The number of aryl methyl sites for hydroxylation is 2. The van der Waals surface area contributed by atoms with Gasteiger partial charge in [0.2, 0.25) is 5.91 Å². The molecule has 0 spiro atoms. The number of carbonyl (C=O) groups is 1. The van der Waals surface area contributed by atoms with Crippen LogP contribution >= 0.6 is 0 Å². The van der Waals surface area contributed by atoms with Gasteiger partial charge in [-0.25, -0.2) is 8.42 Å². The molecule has 0 unspecified atom stereocenters. The van der Waals surface area contributed by atoms with E-state index in [1.54, 1.807) is 26.2 Å². The van der Waals surface area contributed by atoms with Crippen molar-refractivity contribution < 1.29 is 17.9 Å². The Morgan fingerprint density at radius 2 is 1.84 bits per heavy atom. The first-order valence-corrected chi connectivity index (χ1v) is 9.54. The molecule has 2 aromatic rings. The van der Waals surface area contributed by atoms with Crippen LogP contribution in [-0.4, -0.2) is 27.7 Å². The number of ether oxygens (including phenoxy) is 1. The Morgan fingerprint density at radius 3 is 2.48 bits per heavy atom. The van der Waals surface area contributed by atoms with Gasteiger partial charge in [0, 0.05) is 23.6 Å². The predicted molar refractivity (Wildman–Crippen MR) is 99.7 cm³/mol. The van der Waals surface area contributed by atoms with Crippen LogP contribution < -0.4 is 10.1 Å². The summed E-state index contributed by atoms with van der Waals surface area (Å²) in [6.45, 7) is 3.76. The number of carbonyl (C=O) groups excluding carboxylic acids is 1. The lowest BCUT2D eigenvalue weighted by atomic mass is 10.1. The molecule has 0 bridgehead atoms. The second-order valence-electron chi connectivity index (χ2n) is 5.82. The van der Waals surface area contributed by atoms with E-state index in [9.17, 15) is 13.2 Å². The van der Waals surface area contributed by atoms with Crippen molar-refractivity contribution in [1.29, 1.82) is 0 Å². The third-order valence-corrected chi connectivity index (χ3v) is 4.80. The van der Waals surface area contributed by atoms with Crippen molar-refractivity contribution in [3.05, 3.63) is 59.2 Å². The first kappa shape index (κ1) is 18.7. The zero-order valence-electron chi connectivity index (χ0n) is 14.7. The molecule has 0 saturated heterocycles. The lowest BCUT2D eigenvalue weighted by Crippen LogP contribution is -2.10. The Balaban J connectivity index is 2.22. The summed E-state index contributed by atoms with van der Waals surface area (Å²) in [5.74, 6) is 0.321. The molecule has 0 saturated carbocycles. The van der Waals surface area contributed by atoms with Gasteiger partial charge < -0.3 is 10.1 Å². The second kappa shape index (κ2) is 7.53. The molecular formula is C19H21NO4S. The maximum atomic E-state index is 12.2. The van der Waals surface area contributed by atoms with Gasteiger partial charge in [-0.3, -0.25) is 4.79 Å². The number of nitrogens with one attached hydrogen (secondary N) is 1. The van der Waals surface area contributed by atoms with Gasteiger partial charge in [0.05, 0.1) is 12.0 Å². The molecule has 0 radical (unpaired) electrons. The van der Waals surface area contributed by atoms with Crippen molar-refractivity contribution in [1.82, 2.24) is 0 Å². The number of hydrogen-bond donors (Lipinski definition) is 1. The molecular weight excluding hydrogens is 338 g/mol. The molecule has 0 aliphatic carbocycles. The number of benzene rings is 2. The van der Waals surface area contributed by atoms with E-state index in [0.717, 1.165) is 22.9 Å². The summed E-state index contributed by atoms with van der Waals surface area (Å²) in [6, 6.07) is 10.3. The van der Waals surface area contributed by atoms with Crippen molar-refractivity contribution in [2.45, 2.75) is 18.7 Å². The highest BCUT2D eigenvalue weighted by Gasteiger charge is 2.10. The van der Waals surface area contributed by atoms with Gasteiger partial charge in [0.25, 0.3) is 0 Å². The minimum absolute atomic E-state index is 0.165. The fourth-order valence-electron chi connectivity index (χ4n) is 2.29. The number of amides is 1. The quantitative estimate of drug-likeness (QED) is 0.831. The van der Waals surface area contributed by atoms with Crippen LogP contribution in [0.2, 0.25) is 0 Å². The second-order valence-corrected chi connectivity index (χ2v) is 7.83. The molecule has 0 heterocycles. The van der Waals surface area contributed by atoms with E-state index in [4.69, 9.17) is 4.74 Å². The Labute approximate surface area is 148 Å². The SMILES string of the molecule is COc1ccc(C)cc1/C=C/C(=O)Nc1cc(S(C)(=O)=O)ccc1C. The summed E-state index contributed by atoms with van der Waals surface area (Å²) < 4.78 is 28.6. The predicted octanol–water partition coefficient (Wildman–Crippen LogP) is 3.37. The average molecular weight is 359 g/mol. The fourth-order valence-corrected chi connectivity index (χ4v) is 2.94. The van der Waals surface area contributed by atoms with Gasteiger partial charge in [-0.1, -0.05) is 17.7 Å². The third-order valence-electron chi connectivity index (χ3n) is 3.69. The summed E-state index contributed by atoms with van der Waals surface area (Å²) in [6.07, 6.45) is 4.19. The van der Waals surface area contributed by atoms with Gasteiger partial charge in [-0.05, 0) is 49.8 Å². The third kappa shape index (κ3) is 4.93. The topological polar surface area (TPSA) is 72.5 Å². The summed E-state index contributed by atoms with van der Waals surface area (Å²) in [5.41, 5.74) is 3.09. The first-order chi connectivity index (χ1) is 11.7. The van der Waals surface area contributed by atoms with E-state index >= 15 is 0 Å². The van der Waals surface area contributed by atoms with Crippen LogP contribution in [0.5, 0.6) is 5.75 Å². The van der Waals surface area contributed by atoms with Gasteiger partial charge in [-0.2, -0.15) is 0 Å².